The first-order valence-corrected chi connectivity index (χ1v) is 6.67. The van der Waals surface area contributed by atoms with Crippen LogP contribution in [0, 0.1) is 12.3 Å². The van der Waals surface area contributed by atoms with Gasteiger partial charge >= 0.3 is 0 Å². The van der Waals surface area contributed by atoms with Gasteiger partial charge in [0.05, 0.1) is 6.26 Å². The lowest BCUT2D eigenvalue weighted by molar-refractivity contribution is 0.288. The largest absolute Gasteiger partial charge is 0.213 e. The molecule has 0 aliphatic carbocycles. The van der Waals surface area contributed by atoms with Gasteiger partial charge in [-0.1, -0.05) is 13.3 Å². The first kappa shape index (κ1) is 11.0. The number of nitrogens with zero attached hydrogens (tertiary/aromatic N) is 1. The van der Waals surface area contributed by atoms with Crippen molar-refractivity contribution in [2.75, 3.05) is 19.3 Å². The van der Waals surface area contributed by atoms with E-state index in [9.17, 15) is 8.42 Å². The Morgan fingerprint density at radius 2 is 2.23 bits per heavy atom. The van der Waals surface area contributed by atoms with E-state index in [0.717, 1.165) is 19.3 Å². The molecule has 3 nitrogen and oxygen atoms in total. The van der Waals surface area contributed by atoms with Gasteiger partial charge in [-0.15, -0.1) is 0 Å². The minimum absolute atomic E-state index is 0.466. The zero-order chi connectivity index (χ0) is 9.90. The molecular formula is C9H18NO2S. The molecule has 1 radical (unpaired) electrons. The van der Waals surface area contributed by atoms with E-state index in [1.165, 1.54) is 6.26 Å². The molecule has 1 saturated heterocycles. The predicted molar refractivity (Wildman–Crippen MR) is 53.7 cm³/mol. The van der Waals surface area contributed by atoms with Crippen LogP contribution in [0.2, 0.25) is 0 Å². The van der Waals surface area contributed by atoms with E-state index in [1.54, 1.807) is 4.31 Å². The molecule has 13 heavy (non-hydrogen) atoms. The Kier molecular flexibility index (Phi) is 3.74. The van der Waals surface area contributed by atoms with Crippen LogP contribution in [0.3, 0.4) is 0 Å². The van der Waals surface area contributed by atoms with Gasteiger partial charge in [-0.2, -0.15) is 0 Å². The maximum absolute atomic E-state index is 11.2. The Balaban J connectivity index is 2.52. The Bertz CT molecular complexity index is 246. The molecule has 1 rings (SSSR count). The van der Waals surface area contributed by atoms with Crippen LogP contribution < -0.4 is 0 Å². The van der Waals surface area contributed by atoms with E-state index in [0.29, 0.717) is 19.0 Å². The first-order valence-electron chi connectivity index (χ1n) is 4.82. The summed E-state index contributed by atoms with van der Waals surface area (Å²) < 4.78 is 24.1. The molecule has 0 spiro atoms. The first-order chi connectivity index (χ1) is 6.04. The second kappa shape index (κ2) is 4.42. The minimum Gasteiger partial charge on any atom is -0.213 e. The summed E-state index contributed by atoms with van der Waals surface area (Å²) in [6, 6.07) is 0. The predicted octanol–water partition coefficient (Wildman–Crippen LogP) is 1.27. The standard InChI is InChI=1S/C9H18NO2S/c1-3-5-9-6-4-7-10(8-9)13(2,11)12/h5,9H,3-4,6-8H2,1-2H3. The van der Waals surface area contributed by atoms with Crippen molar-refractivity contribution in [2.24, 2.45) is 5.92 Å². The Morgan fingerprint density at radius 3 is 2.77 bits per heavy atom. The highest BCUT2D eigenvalue weighted by atomic mass is 32.2. The number of piperidine rings is 1. The molecular weight excluding hydrogens is 186 g/mol. The van der Waals surface area contributed by atoms with Crippen LogP contribution in [-0.4, -0.2) is 32.1 Å². The molecule has 0 amide bonds. The van der Waals surface area contributed by atoms with Crippen molar-refractivity contribution in [2.45, 2.75) is 26.2 Å². The highest BCUT2D eigenvalue weighted by molar-refractivity contribution is 7.88. The average Bonchev–Trinajstić information content (AvgIpc) is 2.04. The number of rotatable bonds is 3. The molecule has 1 aliphatic rings. The molecule has 4 heteroatoms. The number of hydrogen-bond acceptors (Lipinski definition) is 2. The lowest BCUT2D eigenvalue weighted by Gasteiger charge is -2.30. The van der Waals surface area contributed by atoms with E-state index in [-0.39, 0.29) is 0 Å². The van der Waals surface area contributed by atoms with Crippen molar-refractivity contribution in [1.29, 1.82) is 0 Å². The van der Waals surface area contributed by atoms with Crippen molar-refractivity contribution in [3.63, 3.8) is 0 Å². The molecule has 1 atom stereocenters. The van der Waals surface area contributed by atoms with Gasteiger partial charge in [0.15, 0.2) is 0 Å². The second-order valence-electron chi connectivity index (χ2n) is 3.67. The fraction of sp³-hybridized carbons (Fsp3) is 0.889. The normalized spacial score (nSPS) is 26.2. The van der Waals surface area contributed by atoms with Crippen LogP contribution in [0.5, 0.6) is 0 Å². The molecule has 1 fully saturated rings. The van der Waals surface area contributed by atoms with Crippen LogP contribution >= 0.6 is 0 Å². The fourth-order valence-corrected chi connectivity index (χ4v) is 2.72. The van der Waals surface area contributed by atoms with Gasteiger partial charge in [0.2, 0.25) is 10.0 Å². The fourth-order valence-electron chi connectivity index (χ4n) is 1.80. The van der Waals surface area contributed by atoms with Crippen molar-refractivity contribution in [3.05, 3.63) is 6.42 Å². The van der Waals surface area contributed by atoms with Gasteiger partial charge in [-0.05, 0) is 25.2 Å². The number of hydrogen-bond donors (Lipinski definition) is 0. The Hall–Kier alpha value is -0.0900. The second-order valence-corrected chi connectivity index (χ2v) is 5.65. The van der Waals surface area contributed by atoms with Crippen LogP contribution in [0.25, 0.3) is 0 Å². The third kappa shape index (κ3) is 3.27. The summed E-state index contributed by atoms with van der Waals surface area (Å²) in [5, 5.41) is 0. The Labute approximate surface area is 81.2 Å². The average molecular weight is 204 g/mol. The van der Waals surface area contributed by atoms with E-state index < -0.39 is 10.0 Å². The van der Waals surface area contributed by atoms with Gasteiger partial charge in [0, 0.05) is 13.1 Å². The molecule has 0 saturated carbocycles. The van der Waals surface area contributed by atoms with E-state index in [2.05, 4.69) is 13.3 Å². The van der Waals surface area contributed by atoms with Crippen LogP contribution in [-0.2, 0) is 10.0 Å². The van der Waals surface area contributed by atoms with Gasteiger partial charge in [0.1, 0.15) is 0 Å². The summed E-state index contributed by atoms with van der Waals surface area (Å²) in [5.41, 5.74) is 0. The van der Waals surface area contributed by atoms with E-state index in [4.69, 9.17) is 0 Å². The van der Waals surface area contributed by atoms with Crippen LogP contribution in [0.15, 0.2) is 0 Å². The molecule has 0 aromatic carbocycles. The molecule has 0 aromatic heterocycles. The smallest absolute Gasteiger partial charge is 0.211 e. The monoisotopic (exact) mass is 204 g/mol. The summed E-state index contributed by atoms with van der Waals surface area (Å²) >= 11 is 0. The highest BCUT2D eigenvalue weighted by Gasteiger charge is 2.24. The van der Waals surface area contributed by atoms with Crippen LogP contribution in [0.4, 0.5) is 0 Å². The van der Waals surface area contributed by atoms with Gasteiger partial charge in [0.25, 0.3) is 0 Å². The van der Waals surface area contributed by atoms with E-state index in [1.807, 2.05) is 0 Å². The zero-order valence-electron chi connectivity index (χ0n) is 8.36. The quantitative estimate of drug-likeness (QED) is 0.694. The van der Waals surface area contributed by atoms with Crippen molar-refractivity contribution in [1.82, 2.24) is 4.31 Å². The summed E-state index contributed by atoms with van der Waals surface area (Å²) in [7, 11) is -2.96. The van der Waals surface area contributed by atoms with Gasteiger partial charge < -0.3 is 0 Å². The summed E-state index contributed by atoms with van der Waals surface area (Å²) in [4.78, 5) is 0. The molecule has 0 aromatic rings. The van der Waals surface area contributed by atoms with Gasteiger partial charge in [-0.25, -0.2) is 12.7 Å². The summed E-state index contributed by atoms with van der Waals surface area (Å²) in [5.74, 6) is 0.466. The minimum atomic E-state index is -2.96. The summed E-state index contributed by atoms with van der Waals surface area (Å²) in [6.07, 6.45) is 6.68. The maximum atomic E-state index is 11.2. The van der Waals surface area contributed by atoms with Crippen molar-refractivity contribution < 1.29 is 8.42 Å². The van der Waals surface area contributed by atoms with Gasteiger partial charge in [-0.3, -0.25) is 0 Å². The highest BCUT2D eigenvalue weighted by Crippen LogP contribution is 2.21. The third-order valence-electron chi connectivity index (χ3n) is 2.46. The van der Waals surface area contributed by atoms with E-state index >= 15 is 0 Å². The third-order valence-corrected chi connectivity index (χ3v) is 3.73. The molecule has 77 valence electrons. The zero-order valence-corrected chi connectivity index (χ0v) is 9.18. The van der Waals surface area contributed by atoms with Crippen LogP contribution in [0.1, 0.15) is 26.2 Å². The SMILES string of the molecule is CC[CH]C1CCCN(S(C)(=O)=O)C1. The summed E-state index contributed by atoms with van der Waals surface area (Å²) in [6.45, 7) is 3.49. The maximum Gasteiger partial charge on any atom is 0.211 e. The molecule has 0 bridgehead atoms. The topological polar surface area (TPSA) is 37.4 Å². The Morgan fingerprint density at radius 1 is 1.54 bits per heavy atom. The number of sulfonamides is 1. The lowest BCUT2D eigenvalue weighted by Crippen LogP contribution is -2.39. The van der Waals surface area contributed by atoms with Crippen molar-refractivity contribution in [3.8, 4) is 0 Å². The molecule has 1 unspecified atom stereocenters. The molecule has 0 N–H and O–H groups in total. The van der Waals surface area contributed by atoms with Crippen molar-refractivity contribution >= 4 is 10.0 Å². The molecule has 1 aliphatic heterocycles. The molecule has 1 heterocycles. The lowest BCUT2D eigenvalue weighted by atomic mass is 9.95.